The van der Waals surface area contributed by atoms with Crippen LogP contribution in [0.1, 0.15) is 19.8 Å². The van der Waals surface area contributed by atoms with Crippen molar-refractivity contribution in [1.82, 2.24) is 4.90 Å². The molecule has 0 saturated carbocycles. The summed E-state index contributed by atoms with van der Waals surface area (Å²) in [5.74, 6) is 0. The largest absolute Gasteiger partial charge is 0.394 e. The maximum absolute atomic E-state index is 10.5. The first-order valence-corrected chi connectivity index (χ1v) is 9.33. The van der Waals surface area contributed by atoms with E-state index in [4.69, 9.17) is 15.2 Å². The first kappa shape index (κ1) is 23.8. The second-order valence-corrected chi connectivity index (χ2v) is 7.24. The maximum Gasteiger partial charge on any atom is 0.143 e. The fourth-order valence-electron chi connectivity index (χ4n) is 3.62. The van der Waals surface area contributed by atoms with Gasteiger partial charge in [-0.3, -0.25) is 0 Å². The van der Waals surface area contributed by atoms with Gasteiger partial charge < -0.3 is 56.1 Å². The molecule has 166 valence electrons. The lowest BCUT2D eigenvalue weighted by molar-refractivity contribution is -0.330. The van der Waals surface area contributed by atoms with Crippen molar-refractivity contribution in [2.45, 2.75) is 87.2 Å². The molecule has 2 saturated heterocycles. The zero-order chi connectivity index (χ0) is 21.2. The summed E-state index contributed by atoms with van der Waals surface area (Å²) < 4.78 is 11.1. The van der Waals surface area contributed by atoms with E-state index in [-0.39, 0.29) is 0 Å². The van der Waals surface area contributed by atoms with Gasteiger partial charge in [0.1, 0.15) is 61.3 Å². The van der Waals surface area contributed by atoms with E-state index < -0.39 is 80.7 Å². The summed E-state index contributed by atoms with van der Waals surface area (Å²) in [6, 6.07) is 0. The van der Waals surface area contributed by atoms with Crippen LogP contribution in [0.25, 0.3) is 0 Å². The molecule has 0 radical (unpaired) electrons. The molecular formula is C16H32N2O10. The summed E-state index contributed by atoms with van der Waals surface area (Å²) >= 11 is 0. The number of aliphatic hydroxyl groups excluding tert-OH is 8. The highest BCUT2D eigenvalue weighted by Crippen LogP contribution is 2.31. The van der Waals surface area contributed by atoms with Crippen molar-refractivity contribution in [3.8, 4) is 0 Å². The van der Waals surface area contributed by atoms with E-state index in [0.29, 0.717) is 12.8 Å². The molecule has 11 atom stereocenters. The summed E-state index contributed by atoms with van der Waals surface area (Å²) in [4.78, 5) is 1.17. The molecule has 0 aromatic carbocycles. The highest BCUT2D eigenvalue weighted by molar-refractivity contribution is 4.98. The van der Waals surface area contributed by atoms with Crippen LogP contribution in [-0.4, -0.2) is 126 Å². The monoisotopic (exact) mass is 412 g/mol. The van der Waals surface area contributed by atoms with Gasteiger partial charge in [0.25, 0.3) is 0 Å². The molecule has 28 heavy (non-hydrogen) atoms. The van der Waals surface area contributed by atoms with Gasteiger partial charge in [-0.05, 0) is 6.42 Å². The third-order valence-corrected chi connectivity index (χ3v) is 5.29. The molecule has 2 fully saturated rings. The molecule has 0 bridgehead atoms. The number of rotatable bonds is 7. The molecule has 12 nitrogen and oxygen atoms in total. The maximum atomic E-state index is 10.5. The Kier molecular flexibility index (Phi) is 8.51. The Morgan fingerprint density at radius 1 is 0.750 bits per heavy atom. The first-order chi connectivity index (χ1) is 13.2. The number of aliphatic hydroxyl groups is 8. The SMILES string of the molecule is CCCC(N)N(C1O[C@H](CO)[C@@H](O)[C@H](O)[C@H]1O)C1O[C@H](CO)[C@@H](O)[C@H](O)[C@H]1O. The third kappa shape index (κ3) is 4.48. The van der Waals surface area contributed by atoms with E-state index in [9.17, 15) is 40.9 Å². The van der Waals surface area contributed by atoms with Gasteiger partial charge in [-0.15, -0.1) is 0 Å². The molecule has 2 rings (SSSR count). The van der Waals surface area contributed by atoms with Crippen LogP contribution in [0.4, 0.5) is 0 Å². The van der Waals surface area contributed by atoms with Crippen molar-refractivity contribution in [2.24, 2.45) is 5.73 Å². The van der Waals surface area contributed by atoms with Crippen LogP contribution in [0.2, 0.25) is 0 Å². The fraction of sp³-hybridized carbons (Fsp3) is 1.00. The normalized spacial score (nSPS) is 46.0. The van der Waals surface area contributed by atoms with Gasteiger partial charge in [-0.1, -0.05) is 13.3 Å². The predicted molar refractivity (Wildman–Crippen MR) is 92.3 cm³/mol. The van der Waals surface area contributed by atoms with Crippen LogP contribution < -0.4 is 5.73 Å². The van der Waals surface area contributed by atoms with Crippen molar-refractivity contribution in [3.05, 3.63) is 0 Å². The zero-order valence-corrected chi connectivity index (χ0v) is 15.6. The standard InChI is InChI=1S/C16H32N2O10/c1-2-3-8(17)18(15-13(25)11(23)9(21)6(4-19)27-15)16-14(26)12(24)10(22)7(5-20)28-16/h6-16,19-26H,2-5,17H2,1H3/t6-,7-,8?,9-,10-,11+,12+,13-,14-,15?,16?/m1/s1. The Morgan fingerprint density at radius 2 is 1.14 bits per heavy atom. The van der Waals surface area contributed by atoms with E-state index in [0.717, 1.165) is 0 Å². The quantitative estimate of drug-likeness (QED) is 0.180. The molecule has 2 aliphatic rings. The van der Waals surface area contributed by atoms with Gasteiger partial charge in [-0.2, -0.15) is 0 Å². The molecular weight excluding hydrogens is 380 g/mol. The van der Waals surface area contributed by atoms with Crippen LogP contribution in [0.5, 0.6) is 0 Å². The van der Waals surface area contributed by atoms with Gasteiger partial charge >= 0.3 is 0 Å². The Balaban J connectivity index is 2.38. The van der Waals surface area contributed by atoms with E-state index in [1.165, 1.54) is 4.90 Å². The molecule has 3 unspecified atom stereocenters. The highest BCUT2D eigenvalue weighted by Gasteiger charge is 2.53. The van der Waals surface area contributed by atoms with E-state index in [2.05, 4.69) is 0 Å². The Labute approximate surface area is 162 Å². The van der Waals surface area contributed by atoms with Crippen LogP contribution >= 0.6 is 0 Å². The smallest absolute Gasteiger partial charge is 0.143 e. The molecule has 0 aliphatic carbocycles. The number of hydrogen-bond acceptors (Lipinski definition) is 12. The average molecular weight is 412 g/mol. The second kappa shape index (κ2) is 10.0. The lowest BCUT2D eigenvalue weighted by Gasteiger charge is -2.52. The Bertz CT molecular complexity index is 448. The molecule has 10 N–H and O–H groups in total. The molecule has 2 heterocycles. The predicted octanol–water partition coefficient (Wildman–Crippen LogP) is -5.03. The fourth-order valence-corrected chi connectivity index (χ4v) is 3.62. The van der Waals surface area contributed by atoms with Gasteiger partial charge in [0, 0.05) is 0 Å². The van der Waals surface area contributed by atoms with Crippen molar-refractivity contribution in [1.29, 1.82) is 0 Å². The molecule has 0 aromatic heterocycles. The van der Waals surface area contributed by atoms with Gasteiger partial charge in [-0.25, -0.2) is 4.90 Å². The van der Waals surface area contributed by atoms with E-state index in [1.54, 1.807) is 0 Å². The van der Waals surface area contributed by atoms with Crippen LogP contribution in [0.15, 0.2) is 0 Å². The third-order valence-electron chi connectivity index (χ3n) is 5.29. The van der Waals surface area contributed by atoms with Crippen molar-refractivity contribution in [3.63, 3.8) is 0 Å². The Hall–Kier alpha value is -0.480. The molecule has 12 heteroatoms. The second-order valence-electron chi connectivity index (χ2n) is 7.24. The van der Waals surface area contributed by atoms with Gasteiger partial charge in [0.05, 0.1) is 19.4 Å². The minimum Gasteiger partial charge on any atom is -0.394 e. The minimum atomic E-state index is -1.69. The topological polar surface area (TPSA) is 210 Å². The Morgan fingerprint density at radius 3 is 1.46 bits per heavy atom. The van der Waals surface area contributed by atoms with Crippen LogP contribution in [-0.2, 0) is 9.47 Å². The average Bonchev–Trinajstić information content (AvgIpc) is 2.68. The number of ether oxygens (including phenoxy) is 2. The number of nitrogens with zero attached hydrogens (tertiary/aromatic N) is 1. The molecule has 0 amide bonds. The first-order valence-electron chi connectivity index (χ1n) is 9.33. The summed E-state index contributed by atoms with van der Waals surface area (Å²) in [6.45, 7) is 0.512. The van der Waals surface area contributed by atoms with Gasteiger partial charge in [0.2, 0.25) is 0 Å². The molecule has 0 aromatic rings. The van der Waals surface area contributed by atoms with E-state index in [1.807, 2.05) is 6.92 Å². The summed E-state index contributed by atoms with van der Waals surface area (Å²) in [5.41, 5.74) is 6.18. The lowest BCUT2D eigenvalue weighted by Crippen LogP contribution is -2.72. The van der Waals surface area contributed by atoms with Crippen molar-refractivity contribution >= 4 is 0 Å². The van der Waals surface area contributed by atoms with Crippen LogP contribution in [0.3, 0.4) is 0 Å². The highest BCUT2D eigenvalue weighted by atomic mass is 16.6. The molecule has 0 spiro atoms. The molecule has 2 aliphatic heterocycles. The number of nitrogens with two attached hydrogens (primary N) is 1. The van der Waals surface area contributed by atoms with Crippen molar-refractivity contribution in [2.75, 3.05) is 13.2 Å². The lowest BCUT2D eigenvalue weighted by atomic mass is 9.94. The van der Waals surface area contributed by atoms with Crippen LogP contribution in [0, 0.1) is 0 Å². The van der Waals surface area contributed by atoms with Crippen molar-refractivity contribution < 1.29 is 50.3 Å². The van der Waals surface area contributed by atoms with E-state index >= 15 is 0 Å². The zero-order valence-electron chi connectivity index (χ0n) is 15.6. The summed E-state index contributed by atoms with van der Waals surface area (Å²) in [7, 11) is 0. The minimum absolute atomic E-state index is 0.337. The number of hydrogen-bond donors (Lipinski definition) is 9. The summed E-state index contributed by atoms with van der Waals surface area (Å²) in [5, 5.41) is 79.9. The van der Waals surface area contributed by atoms with Gasteiger partial charge in [0.15, 0.2) is 0 Å². The summed E-state index contributed by atoms with van der Waals surface area (Å²) in [6.07, 6.45) is -15.2.